The summed E-state index contributed by atoms with van der Waals surface area (Å²) in [5, 5.41) is 5.36. The molecule has 24 heavy (non-hydrogen) atoms. The normalized spacial score (nSPS) is 15.7. The maximum absolute atomic E-state index is 11.6. The molecular weight excluding hydrogens is 302 g/mol. The van der Waals surface area contributed by atoms with Gasteiger partial charge < -0.3 is 5.32 Å². The first-order valence-electron chi connectivity index (χ1n) is 8.61. The van der Waals surface area contributed by atoms with Gasteiger partial charge in [-0.05, 0) is 43.9 Å². The number of nitrogens with one attached hydrogen (secondary N) is 2. The fourth-order valence-electron chi connectivity index (χ4n) is 2.94. The van der Waals surface area contributed by atoms with Gasteiger partial charge in [-0.15, -0.1) is 0 Å². The van der Waals surface area contributed by atoms with Crippen molar-refractivity contribution in [3.05, 3.63) is 30.1 Å². The summed E-state index contributed by atoms with van der Waals surface area (Å²) in [4.78, 5) is 24.9. The summed E-state index contributed by atoms with van der Waals surface area (Å²) in [7, 11) is 0. The van der Waals surface area contributed by atoms with Crippen LogP contribution in [-0.4, -0.2) is 27.5 Å². The van der Waals surface area contributed by atoms with Gasteiger partial charge in [-0.3, -0.25) is 10.3 Å². The third kappa shape index (κ3) is 4.28. The van der Waals surface area contributed by atoms with Gasteiger partial charge in [0.25, 0.3) is 0 Å². The largest absolute Gasteiger partial charge is 0.338 e. The van der Waals surface area contributed by atoms with Crippen LogP contribution in [0, 0.1) is 5.92 Å². The van der Waals surface area contributed by atoms with Gasteiger partial charge in [0.1, 0.15) is 11.3 Å². The van der Waals surface area contributed by atoms with Crippen molar-refractivity contribution in [2.45, 2.75) is 39.0 Å². The van der Waals surface area contributed by atoms with E-state index in [0.29, 0.717) is 29.4 Å². The van der Waals surface area contributed by atoms with Crippen molar-refractivity contribution < 1.29 is 4.79 Å². The highest BCUT2D eigenvalue weighted by molar-refractivity contribution is 5.89. The van der Waals surface area contributed by atoms with Crippen LogP contribution in [0.5, 0.6) is 0 Å². The fourth-order valence-corrected chi connectivity index (χ4v) is 2.94. The van der Waals surface area contributed by atoms with Crippen LogP contribution in [0.25, 0.3) is 17.2 Å². The van der Waals surface area contributed by atoms with Gasteiger partial charge in [0, 0.05) is 6.54 Å². The molecule has 2 amide bonds. The second-order valence-corrected chi connectivity index (χ2v) is 6.08. The van der Waals surface area contributed by atoms with Crippen molar-refractivity contribution in [1.29, 1.82) is 0 Å². The minimum atomic E-state index is -0.273. The van der Waals surface area contributed by atoms with Crippen molar-refractivity contribution in [3.63, 3.8) is 0 Å². The van der Waals surface area contributed by atoms with Crippen LogP contribution in [0.4, 0.5) is 10.6 Å². The first kappa shape index (κ1) is 16.4. The van der Waals surface area contributed by atoms with Crippen LogP contribution in [-0.2, 0) is 0 Å². The molecule has 0 bridgehead atoms. The molecule has 1 aliphatic rings. The van der Waals surface area contributed by atoms with Crippen molar-refractivity contribution in [1.82, 2.24) is 20.3 Å². The topological polar surface area (TPSA) is 79.8 Å². The van der Waals surface area contributed by atoms with Crippen molar-refractivity contribution in [3.8, 4) is 0 Å². The predicted molar refractivity (Wildman–Crippen MR) is 95.6 cm³/mol. The number of hydrogen-bond acceptors (Lipinski definition) is 4. The summed E-state index contributed by atoms with van der Waals surface area (Å²) in [5.41, 5.74) is 2.05. The molecule has 0 unspecified atom stereocenters. The van der Waals surface area contributed by atoms with Crippen molar-refractivity contribution in [2.75, 3.05) is 11.9 Å². The summed E-state index contributed by atoms with van der Waals surface area (Å²) in [6, 6.07) is 3.26. The second kappa shape index (κ2) is 7.86. The molecule has 0 spiro atoms. The van der Waals surface area contributed by atoms with Crippen LogP contribution in [0.1, 0.15) is 44.7 Å². The van der Waals surface area contributed by atoms with Gasteiger partial charge in [-0.25, -0.2) is 14.8 Å². The molecule has 0 atom stereocenters. The molecular formula is C18H23N5O. The lowest BCUT2D eigenvalue weighted by Gasteiger charge is -2.17. The molecule has 2 aromatic heterocycles. The minimum Gasteiger partial charge on any atom is -0.338 e. The number of carbonyl (C=O) groups excluding carboxylic acids is 1. The summed E-state index contributed by atoms with van der Waals surface area (Å²) >= 11 is 0. The summed E-state index contributed by atoms with van der Waals surface area (Å²) in [6.07, 6.45) is 12.5. The number of pyridine rings is 1. The lowest BCUT2D eigenvalue weighted by atomic mass is 9.89. The number of anilines is 1. The quantitative estimate of drug-likeness (QED) is 0.897. The van der Waals surface area contributed by atoms with E-state index in [4.69, 9.17) is 0 Å². The van der Waals surface area contributed by atoms with Gasteiger partial charge in [0.2, 0.25) is 0 Å². The maximum Gasteiger partial charge on any atom is 0.320 e. The minimum absolute atomic E-state index is 0.273. The van der Waals surface area contributed by atoms with E-state index in [1.54, 1.807) is 12.3 Å². The first-order chi connectivity index (χ1) is 11.7. The van der Waals surface area contributed by atoms with E-state index in [0.717, 1.165) is 5.69 Å². The van der Waals surface area contributed by atoms with E-state index >= 15 is 0 Å². The Bertz CT molecular complexity index is 737. The standard InChI is InChI=1S/C18H23N5O/c1-2-19-18(24)23-16-11-10-15-17(22-16)21-14(12-20-15)9-8-13-6-4-3-5-7-13/h8-13H,2-7H2,1H3,(H2,19,21,22,23,24)/b9-8+. The van der Waals surface area contributed by atoms with Crippen LogP contribution in [0.2, 0.25) is 0 Å². The Morgan fingerprint density at radius 3 is 2.88 bits per heavy atom. The monoisotopic (exact) mass is 325 g/mol. The molecule has 2 heterocycles. The van der Waals surface area contributed by atoms with Gasteiger partial charge in [0.15, 0.2) is 5.65 Å². The average molecular weight is 325 g/mol. The third-order valence-electron chi connectivity index (χ3n) is 4.19. The number of urea groups is 1. The number of carbonyl (C=O) groups is 1. The summed E-state index contributed by atoms with van der Waals surface area (Å²) in [5.74, 6) is 1.12. The number of amides is 2. The Labute approximate surface area is 141 Å². The number of hydrogen-bond donors (Lipinski definition) is 2. The lowest BCUT2D eigenvalue weighted by molar-refractivity contribution is 0.252. The van der Waals surface area contributed by atoms with Crippen LogP contribution in [0.3, 0.4) is 0 Å². The second-order valence-electron chi connectivity index (χ2n) is 6.08. The first-order valence-corrected chi connectivity index (χ1v) is 8.61. The average Bonchev–Trinajstić information content (AvgIpc) is 2.60. The molecule has 3 rings (SSSR count). The van der Waals surface area contributed by atoms with E-state index in [1.807, 2.05) is 19.1 Å². The number of rotatable bonds is 4. The molecule has 6 nitrogen and oxygen atoms in total. The van der Waals surface area contributed by atoms with Crippen LogP contribution >= 0.6 is 0 Å². The molecule has 126 valence electrons. The zero-order valence-corrected chi connectivity index (χ0v) is 14.0. The SMILES string of the molecule is CCNC(=O)Nc1ccc2ncc(/C=C/C3CCCCC3)nc2n1. The third-order valence-corrected chi connectivity index (χ3v) is 4.19. The van der Waals surface area contributed by atoms with E-state index in [-0.39, 0.29) is 6.03 Å². The molecule has 2 aromatic rings. The highest BCUT2D eigenvalue weighted by atomic mass is 16.2. The zero-order valence-electron chi connectivity index (χ0n) is 14.0. The maximum atomic E-state index is 11.6. The number of aromatic nitrogens is 3. The smallest absolute Gasteiger partial charge is 0.320 e. The van der Waals surface area contributed by atoms with Gasteiger partial charge in [-0.2, -0.15) is 0 Å². The molecule has 6 heteroatoms. The summed E-state index contributed by atoms with van der Waals surface area (Å²) in [6.45, 7) is 2.43. The van der Waals surface area contributed by atoms with Gasteiger partial charge >= 0.3 is 6.03 Å². The van der Waals surface area contributed by atoms with E-state index in [9.17, 15) is 4.79 Å². The number of fused-ring (bicyclic) bond motifs is 1. The van der Waals surface area contributed by atoms with Crippen LogP contribution < -0.4 is 10.6 Å². The molecule has 1 saturated carbocycles. The molecule has 1 aliphatic carbocycles. The van der Waals surface area contributed by atoms with Crippen LogP contribution in [0.15, 0.2) is 24.4 Å². The molecule has 2 N–H and O–H groups in total. The Balaban J connectivity index is 1.75. The molecule has 1 fully saturated rings. The Morgan fingerprint density at radius 2 is 2.08 bits per heavy atom. The highest BCUT2D eigenvalue weighted by Crippen LogP contribution is 2.25. The number of allylic oxidation sites excluding steroid dienone is 1. The highest BCUT2D eigenvalue weighted by Gasteiger charge is 2.10. The van der Waals surface area contributed by atoms with Gasteiger partial charge in [-0.1, -0.05) is 25.3 Å². The molecule has 0 aliphatic heterocycles. The number of nitrogens with zero attached hydrogens (tertiary/aromatic N) is 3. The molecule has 0 radical (unpaired) electrons. The lowest BCUT2D eigenvalue weighted by Crippen LogP contribution is -2.28. The Kier molecular flexibility index (Phi) is 5.36. The molecule has 0 aromatic carbocycles. The van der Waals surface area contributed by atoms with E-state index in [2.05, 4.69) is 31.7 Å². The molecule has 0 saturated heterocycles. The Morgan fingerprint density at radius 1 is 1.25 bits per heavy atom. The van der Waals surface area contributed by atoms with Crippen molar-refractivity contribution >= 4 is 29.1 Å². The van der Waals surface area contributed by atoms with E-state index in [1.165, 1.54) is 32.1 Å². The van der Waals surface area contributed by atoms with Gasteiger partial charge in [0.05, 0.1) is 11.9 Å². The zero-order chi connectivity index (χ0) is 16.8. The fraction of sp³-hybridized carbons (Fsp3) is 0.444. The van der Waals surface area contributed by atoms with E-state index < -0.39 is 0 Å². The summed E-state index contributed by atoms with van der Waals surface area (Å²) < 4.78 is 0. The predicted octanol–water partition coefficient (Wildman–Crippen LogP) is 3.76. The van der Waals surface area contributed by atoms with Crippen molar-refractivity contribution in [2.24, 2.45) is 5.92 Å². The Hall–Kier alpha value is -2.50.